The summed E-state index contributed by atoms with van der Waals surface area (Å²) in [6.45, 7) is 2.39. The molecule has 0 radical (unpaired) electrons. The second-order valence-corrected chi connectivity index (χ2v) is 8.36. The number of nitrogens with one attached hydrogen (secondary N) is 1. The number of para-hydroxylation sites is 1. The van der Waals surface area contributed by atoms with Crippen LogP contribution in [0, 0.1) is 10.1 Å². The number of anilines is 1. The lowest BCUT2D eigenvalue weighted by atomic mass is 10.2. The number of aromatic hydroxyl groups is 1. The Morgan fingerprint density at radius 2 is 1.85 bits per heavy atom. The van der Waals surface area contributed by atoms with Gasteiger partial charge in [0.05, 0.1) is 27.3 Å². The summed E-state index contributed by atoms with van der Waals surface area (Å²) in [5, 5.41) is 33.0. The highest BCUT2D eigenvalue weighted by Crippen LogP contribution is 2.31. The molecule has 13 heteroatoms. The van der Waals surface area contributed by atoms with Crippen LogP contribution in [0.5, 0.6) is 5.75 Å². The van der Waals surface area contributed by atoms with E-state index in [0.29, 0.717) is 34.1 Å². The Balaban J connectivity index is 1.57. The minimum atomic E-state index is -0.605. The Bertz CT molecular complexity index is 1490. The van der Waals surface area contributed by atoms with Crippen LogP contribution in [0.15, 0.2) is 46.3 Å². The number of aromatic nitrogens is 5. The average molecular weight is 484 g/mol. The number of nitro groups is 1. The van der Waals surface area contributed by atoms with Crippen molar-refractivity contribution in [1.82, 2.24) is 23.9 Å². The van der Waals surface area contributed by atoms with Crippen molar-refractivity contribution in [3.8, 4) is 17.1 Å². The number of rotatable bonds is 7. The molecule has 34 heavy (non-hydrogen) atoms. The molecule has 0 aliphatic carbocycles. The fraction of sp³-hybridized carbons (Fsp3) is 0.238. The number of imidazole rings is 1. The summed E-state index contributed by atoms with van der Waals surface area (Å²) >= 11 is 1.11. The summed E-state index contributed by atoms with van der Waals surface area (Å²) in [6.07, 6.45) is 0. The summed E-state index contributed by atoms with van der Waals surface area (Å²) in [7, 11) is 3.08. The number of hydrogen-bond acceptors (Lipinski definition) is 8. The predicted molar refractivity (Wildman–Crippen MR) is 127 cm³/mol. The Hall–Kier alpha value is -4.13. The van der Waals surface area contributed by atoms with Gasteiger partial charge in [0.25, 0.3) is 5.69 Å². The van der Waals surface area contributed by atoms with Crippen molar-refractivity contribution in [2.75, 3.05) is 11.1 Å². The smallest absolute Gasteiger partial charge is 0.328 e. The van der Waals surface area contributed by atoms with Gasteiger partial charge in [0.15, 0.2) is 11.0 Å². The molecule has 176 valence electrons. The zero-order chi connectivity index (χ0) is 24.6. The molecule has 12 nitrogen and oxygen atoms in total. The van der Waals surface area contributed by atoms with Gasteiger partial charge >= 0.3 is 5.69 Å². The molecule has 4 rings (SSSR count). The minimum absolute atomic E-state index is 0.00356. The van der Waals surface area contributed by atoms with Crippen LogP contribution < -0.4 is 11.0 Å². The lowest BCUT2D eigenvalue weighted by molar-refractivity contribution is -0.383. The maximum Gasteiger partial charge on any atom is 0.328 e. The van der Waals surface area contributed by atoms with E-state index >= 15 is 0 Å². The lowest BCUT2D eigenvalue weighted by Gasteiger charge is -2.09. The molecule has 0 spiro atoms. The number of carbonyl (C=O) groups excluding carboxylic acids is 1. The third kappa shape index (κ3) is 4.01. The number of nitrogens with zero attached hydrogens (tertiary/aromatic N) is 6. The van der Waals surface area contributed by atoms with Crippen LogP contribution in [0.2, 0.25) is 0 Å². The molecule has 2 aromatic carbocycles. The second kappa shape index (κ2) is 9.02. The van der Waals surface area contributed by atoms with E-state index in [1.807, 2.05) is 6.92 Å². The highest BCUT2D eigenvalue weighted by molar-refractivity contribution is 7.99. The number of hydrogen-bond donors (Lipinski definition) is 2. The van der Waals surface area contributed by atoms with Crippen molar-refractivity contribution in [1.29, 1.82) is 0 Å². The topological polar surface area (TPSA) is 150 Å². The molecule has 2 aromatic heterocycles. The fourth-order valence-electron chi connectivity index (χ4n) is 3.64. The van der Waals surface area contributed by atoms with Gasteiger partial charge in [0.2, 0.25) is 5.91 Å². The summed E-state index contributed by atoms with van der Waals surface area (Å²) in [4.78, 5) is 35.8. The van der Waals surface area contributed by atoms with Gasteiger partial charge in [-0.25, -0.2) is 4.79 Å². The molecule has 0 aliphatic rings. The molecule has 0 saturated carbocycles. The molecular weight excluding hydrogens is 462 g/mol. The zero-order valence-electron chi connectivity index (χ0n) is 18.6. The number of phenolic OH excluding ortho intramolecular Hbond substituents is 1. The van der Waals surface area contributed by atoms with Gasteiger partial charge in [-0.05, 0) is 25.1 Å². The van der Waals surface area contributed by atoms with Gasteiger partial charge in [-0.15, -0.1) is 10.2 Å². The number of benzene rings is 2. The number of carbonyl (C=O) groups is 1. The van der Waals surface area contributed by atoms with Crippen LogP contribution in [-0.2, 0) is 25.4 Å². The molecule has 0 bridgehead atoms. The minimum Gasteiger partial charge on any atom is -0.507 e. The maximum atomic E-state index is 12.7. The van der Waals surface area contributed by atoms with Gasteiger partial charge in [-0.3, -0.25) is 24.0 Å². The highest BCUT2D eigenvalue weighted by atomic mass is 32.2. The van der Waals surface area contributed by atoms with E-state index in [1.165, 1.54) is 28.3 Å². The SMILES string of the molecule is CCn1c(SCC(=O)Nc2cc3c(cc2[N+](=O)[O-])n(C)c(=O)n3C)nnc1-c1ccccc1O. The van der Waals surface area contributed by atoms with Gasteiger partial charge in [0, 0.05) is 26.7 Å². The van der Waals surface area contributed by atoms with Crippen LogP contribution in [0.3, 0.4) is 0 Å². The number of thioether (sulfide) groups is 1. The molecule has 0 atom stereocenters. The van der Waals surface area contributed by atoms with Gasteiger partial charge in [-0.1, -0.05) is 23.9 Å². The van der Waals surface area contributed by atoms with Crippen LogP contribution in [-0.4, -0.2) is 45.6 Å². The monoisotopic (exact) mass is 483 g/mol. The van der Waals surface area contributed by atoms with E-state index in [4.69, 9.17) is 0 Å². The Kier molecular flexibility index (Phi) is 6.11. The van der Waals surface area contributed by atoms with E-state index in [-0.39, 0.29) is 28.6 Å². The molecular formula is C21H21N7O5S. The van der Waals surface area contributed by atoms with E-state index in [9.17, 15) is 24.8 Å². The Labute approximate surface area is 197 Å². The molecule has 0 unspecified atom stereocenters. The van der Waals surface area contributed by atoms with E-state index in [0.717, 1.165) is 11.8 Å². The molecule has 0 saturated heterocycles. The molecule has 2 N–H and O–H groups in total. The molecule has 0 fully saturated rings. The first kappa shape index (κ1) is 23.0. The highest BCUT2D eigenvalue weighted by Gasteiger charge is 2.22. The van der Waals surface area contributed by atoms with Gasteiger partial charge in [-0.2, -0.15) is 0 Å². The summed E-state index contributed by atoms with van der Waals surface area (Å²) in [5.74, 6) is -0.0309. The van der Waals surface area contributed by atoms with Crippen LogP contribution >= 0.6 is 11.8 Å². The summed E-state index contributed by atoms with van der Waals surface area (Å²) in [5.41, 5.74) is 0.716. The van der Waals surface area contributed by atoms with Crippen molar-refractivity contribution in [3.63, 3.8) is 0 Å². The van der Waals surface area contributed by atoms with Crippen LogP contribution in [0.4, 0.5) is 11.4 Å². The average Bonchev–Trinajstić information content (AvgIpc) is 3.31. The molecule has 1 amide bonds. The van der Waals surface area contributed by atoms with Crippen LogP contribution in [0.1, 0.15) is 6.92 Å². The first-order valence-corrected chi connectivity index (χ1v) is 11.2. The Morgan fingerprint density at radius 1 is 1.18 bits per heavy atom. The zero-order valence-corrected chi connectivity index (χ0v) is 19.4. The molecule has 4 aromatic rings. The standard InChI is InChI=1S/C21H21N7O5S/c1-4-27-19(12-7-5-6-8-17(12)29)23-24-20(27)34-11-18(30)22-13-9-15-16(10-14(13)28(32)33)26(3)21(31)25(15)2/h5-10,29H,4,11H2,1-3H3,(H,22,30). The van der Waals surface area contributed by atoms with Crippen LogP contribution in [0.25, 0.3) is 22.4 Å². The number of fused-ring (bicyclic) bond motifs is 1. The van der Waals surface area contributed by atoms with Crippen molar-refractivity contribution in [3.05, 3.63) is 57.0 Å². The van der Waals surface area contributed by atoms with Crippen molar-refractivity contribution in [2.45, 2.75) is 18.6 Å². The molecule has 0 aliphatic heterocycles. The fourth-order valence-corrected chi connectivity index (χ4v) is 4.45. The van der Waals surface area contributed by atoms with Gasteiger partial charge in [0.1, 0.15) is 11.4 Å². The Morgan fingerprint density at radius 3 is 2.50 bits per heavy atom. The quantitative estimate of drug-likeness (QED) is 0.231. The summed E-state index contributed by atoms with van der Waals surface area (Å²) < 4.78 is 4.43. The van der Waals surface area contributed by atoms with Crippen molar-refractivity contribution < 1.29 is 14.8 Å². The normalized spacial score (nSPS) is 11.1. The predicted octanol–water partition coefficient (Wildman–Crippen LogP) is 2.50. The van der Waals surface area contributed by atoms with E-state index in [2.05, 4.69) is 15.5 Å². The largest absolute Gasteiger partial charge is 0.507 e. The number of nitro benzene ring substituents is 1. The van der Waals surface area contributed by atoms with Crippen molar-refractivity contribution in [2.24, 2.45) is 14.1 Å². The number of amides is 1. The van der Waals surface area contributed by atoms with Crippen molar-refractivity contribution >= 4 is 40.1 Å². The third-order valence-electron chi connectivity index (χ3n) is 5.37. The first-order chi connectivity index (χ1) is 16.2. The molecule has 2 heterocycles. The van der Waals surface area contributed by atoms with E-state index in [1.54, 1.807) is 35.9 Å². The number of aryl methyl sites for hydroxylation is 2. The first-order valence-electron chi connectivity index (χ1n) is 10.2. The number of phenols is 1. The van der Waals surface area contributed by atoms with E-state index < -0.39 is 10.8 Å². The lowest BCUT2D eigenvalue weighted by Crippen LogP contribution is -2.19. The van der Waals surface area contributed by atoms with Gasteiger partial charge < -0.3 is 15.0 Å². The maximum absolute atomic E-state index is 12.7. The second-order valence-electron chi connectivity index (χ2n) is 7.42. The third-order valence-corrected chi connectivity index (χ3v) is 6.34. The summed E-state index contributed by atoms with van der Waals surface area (Å²) in [6, 6.07) is 9.44.